The van der Waals surface area contributed by atoms with Crippen molar-refractivity contribution < 1.29 is 0 Å². The summed E-state index contributed by atoms with van der Waals surface area (Å²) >= 11 is 0. The first-order valence-corrected chi connectivity index (χ1v) is 5.14. The van der Waals surface area contributed by atoms with Crippen molar-refractivity contribution in [3.05, 3.63) is 0 Å². The molecule has 72 valence electrons. The minimum atomic E-state index is 0.686. The summed E-state index contributed by atoms with van der Waals surface area (Å²) in [7, 11) is 2.21. The van der Waals surface area contributed by atoms with Crippen LogP contribution in [0.25, 0.3) is 0 Å². The van der Waals surface area contributed by atoms with Gasteiger partial charge in [0.1, 0.15) is 0 Å². The van der Waals surface area contributed by atoms with Gasteiger partial charge < -0.3 is 10.2 Å². The van der Waals surface area contributed by atoms with E-state index in [4.69, 9.17) is 0 Å². The largest absolute Gasteiger partial charge is 0.314 e. The smallest absolute Gasteiger partial charge is 0.00797 e. The molecule has 0 aromatic carbocycles. The Bertz CT molecular complexity index is 115. The van der Waals surface area contributed by atoms with Crippen molar-refractivity contribution in [2.75, 3.05) is 20.1 Å². The SMILES string of the molecule is CC(C)N(C)CCC1CCCN1. The van der Waals surface area contributed by atoms with Crippen molar-refractivity contribution >= 4 is 0 Å². The summed E-state index contributed by atoms with van der Waals surface area (Å²) in [6.07, 6.45) is 4.07. The average molecular weight is 170 g/mol. The Labute approximate surface area is 76.3 Å². The maximum atomic E-state index is 3.52. The third-order valence-electron chi connectivity index (χ3n) is 2.87. The monoisotopic (exact) mass is 170 g/mol. The Morgan fingerprint density at radius 2 is 2.25 bits per heavy atom. The van der Waals surface area contributed by atoms with Crippen molar-refractivity contribution in [1.82, 2.24) is 10.2 Å². The van der Waals surface area contributed by atoms with Crippen molar-refractivity contribution in [1.29, 1.82) is 0 Å². The van der Waals surface area contributed by atoms with Gasteiger partial charge in [0.15, 0.2) is 0 Å². The van der Waals surface area contributed by atoms with Gasteiger partial charge in [-0.1, -0.05) is 0 Å². The molecule has 0 bridgehead atoms. The quantitative estimate of drug-likeness (QED) is 0.687. The summed E-state index contributed by atoms with van der Waals surface area (Å²) in [5.41, 5.74) is 0. The summed E-state index contributed by atoms with van der Waals surface area (Å²) in [6, 6.07) is 1.48. The van der Waals surface area contributed by atoms with Gasteiger partial charge in [0.05, 0.1) is 0 Å². The highest BCUT2D eigenvalue weighted by atomic mass is 15.1. The molecular formula is C10H22N2. The third-order valence-corrected chi connectivity index (χ3v) is 2.87. The zero-order chi connectivity index (χ0) is 8.97. The number of nitrogens with one attached hydrogen (secondary N) is 1. The minimum absolute atomic E-state index is 0.686. The Morgan fingerprint density at radius 3 is 2.75 bits per heavy atom. The van der Waals surface area contributed by atoms with Crippen LogP contribution in [0.3, 0.4) is 0 Å². The van der Waals surface area contributed by atoms with Crippen LogP contribution in [0.2, 0.25) is 0 Å². The fourth-order valence-corrected chi connectivity index (χ4v) is 1.62. The molecule has 0 aromatic rings. The van der Waals surface area contributed by atoms with Gasteiger partial charge in [-0.2, -0.15) is 0 Å². The molecule has 0 radical (unpaired) electrons. The molecule has 1 unspecified atom stereocenters. The van der Waals surface area contributed by atoms with E-state index in [1.54, 1.807) is 0 Å². The summed E-state index contributed by atoms with van der Waals surface area (Å²) in [4.78, 5) is 2.42. The van der Waals surface area contributed by atoms with Crippen molar-refractivity contribution in [2.24, 2.45) is 0 Å². The van der Waals surface area contributed by atoms with Gasteiger partial charge in [0, 0.05) is 12.1 Å². The Kier molecular flexibility index (Phi) is 4.02. The molecule has 1 N–H and O–H groups in total. The number of nitrogens with zero attached hydrogens (tertiary/aromatic N) is 1. The van der Waals surface area contributed by atoms with Gasteiger partial charge in [-0.05, 0) is 53.2 Å². The van der Waals surface area contributed by atoms with E-state index in [0.717, 1.165) is 6.04 Å². The van der Waals surface area contributed by atoms with E-state index in [1.165, 1.54) is 32.4 Å². The molecule has 12 heavy (non-hydrogen) atoms. The number of rotatable bonds is 4. The predicted molar refractivity (Wildman–Crippen MR) is 53.4 cm³/mol. The van der Waals surface area contributed by atoms with Gasteiger partial charge in [0.2, 0.25) is 0 Å². The van der Waals surface area contributed by atoms with Gasteiger partial charge in [-0.3, -0.25) is 0 Å². The molecule has 1 aliphatic rings. The second kappa shape index (κ2) is 4.83. The van der Waals surface area contributed by atoms with E-state index in [2.05, 4.69) is 31.1 Å². The standard InChI is InChI=1S/C10H22N2/c1-9(2)12(3)8-6-10-5-4-7-11-10/h9-11H,4-8H2,1-3H3. The third kappa shape index (κ3) is 3.11. The van der Waals surface area contributed by atoms with E-state index in [1.807, 2.05) is 0 Å². The lowest BCUT2D eigenvalue weighted by Gasteiger charge is -2.22. The van der Waals surface area contributed by atoms with Crippen LogP contribution in [-0.4, -0.2) is 37.1 Å². The second-order valence-electron chi connectivity index (χ2n) is 4.16. The van der Waals surface area contributed by atoms with Gasteiger partial charge in [-0.15, -0.1) is 0 Å². The normalized spacial score (nSPS) is 24.2. The maximum Gasteiger partial charge on any atom is 0.00797 e. The molecule has 0 amide bonds. The van der Waals surface area contributed by atoms with Gasteiger partial charge in [0.25, 0.3) is 0 Å². The first-order valence-electron chi connectivity index (χ1n) is 5.14. The molecule has 2 nitrogen and oxygen atoms in total. The first-order chi connectivity index (χ1) is 5.70. The molecular weight excluding hydrogens is 148 g/mol. The van der Waals surface area contributed by atoms with Crippen LogP contribution in [0.15, 0.2) is 0 Å². The summed E-state index contributed by atoms with van der Waals surface area (Å²) in [5.74, 6) is 0. The van der Waals surface area contributed by atoms with E-state index < -0.39 is 0 Å². The summed E-state index contributed by atoms with van der Waals surface area (Å²) < 4.78 is 0. The number of hydrogen-bond acceptors (Lipinski definition) is 2. The lowest BCUT2D eigenvalue weighted by atomic mass is 10.1. The van der Waals surface area contributed by atoms with Crippen LogP contribution in [0.1, 0.15) is 33.1 Å². The molecule has 1 atom stereocenters. The van der Waals surface area contributed by atoms with Crippen molar-refractivity contribution in [2.45, 2.75) is 45.2 Å². The summed E-state index contributed by atoms with van der Waals surface area (Å²) in [5, 5.41) is 3.52. The Morgan fingerprint density at radius 1 is 1.50 bits per heavy atom. The van der Waals surface area contributed by atoms with E-state index in [-0.39, 0.29) is 0 Å². The van der Waals surface area contributed by atoms with Crippen LogP contribution in [0.5, 0.6) is 0 Å². The average Bonchev–Trinajstić information content (AvgIpc) is 2.51. The fraction of sp³-hybridized carbons (Fsp3) is 1.00. The lowest BCUT2D eigenvalue weighted by molar-refractivity contribution is 0.260. The molecule has 1 rings (SSSR count). The summed E-state index contributed by atoms with van der Waals surface area (Å²) in [6.45, 7) is 6.97. The van der Waals surface area contributed by atoms with E-state index in [9.17, 15) is 0 Å². The topological polar surface area (TPSA) is 15.3 Å². The van der Waals surface area contributed by atoms with Crippen molar-refractivity contribution in [3.8, 4) is 0 Å². The zero-order valence-electron chi connectivity index (χ0n) is 8.64. The lowest BCUT2D eigenvalue weighted by Crippen LogP contribution is -2.32. The van der Waals surface area contributed by atoms with Crippen LogP contribution in [-0.2, 0) is 0 Å². The molecule has 0 spiro atoms. The molecule has 0 aromatic heterocycles. The highest BCUT2D eigenvalue weighted by Crippen LogP contribution is 2.09. The zero-order valence-corrected chi connectivity index (χ0v) is 8.64. The van der Waals surface area contributed by atoms with E-state index in [0.29, 0.717) is 6.04 Å². The highest BCUT2D eigenvalue weighted by Gasteiger charge is 2.14. The fourth-order valence-electron chi connectivity index (χ4n) is 1.62. The number of hydrogen-bond donors (Lipinski definition) is 1. The molecule has 2 heteroatoms. The first kappa shape index (κ1) is 10.0. The molecule has 0 aliphatic carbocycles. The molecule has 1 aliphatic heterocycles. The van der Waals surface area contributed by atoms with Crippen LogP contribution in [0.4, 0.5) is 0 Å². The molecule has 1 fully saturated rings. The Balaban J connectivity index is 2.07. The van der Waals surface area contributed by atoms with Crippen LogP contribution in [0, 0.1) is 0 Å². The van der Waals surface area contributed by atoms with E-state index >= 15 is 0 Å². The van der Waals surface area contributed by atoms with Gasteiger partial charge >= 0.3 is 0 Å². The van der Waals surface area contributed by atoms with Crippen molar-refractivity contribution in [3.63, 3.8) is 0 Å². The molecule has 1 saturated heterocycles. The minimum Gasteiger partial charge on any atom is -0.314 e. The molecule has 1 heterocycles. The van der Waals surface area contributed by atoms with Crippen LogP contribution >= 0.6 is 0 Å². The Hall–Kier alpha value is -0.0800. The molecule has 0 saturated carbocycles. The maximum absolute atomic E-state index is 3.52. The predicted octanol–water partition coefficient (Wildman–Crippen LogP) is 1.47. The second-order valence-corrected chi connectivity index (χ2v) is 4.16. The highest BCUT2D eigenvalue weighted by molar-refractivity contribution is 4.75. The van der Waals surface area contributed by atoms with Crippen LogP contribution < -0.4 is 5.32 Å². The van der Waals surface area contributed by atoms with Gasteiger partial charge in [-0.25, -0.2) is 0 Å².